The Morgan fingerprint density at radius 2 is 1.64 bits per heavy atom. The highest BCUT2D eigenvalue weighted by Gasteiger charge is 2.21. The number of likely N-dealkylation sites (N-methyl/N-ethyl adjacent to an activating group) is 1. The lowest BCUT2D eigenvalue weighted by Gasteiger charge is -2.26. The fourth-order valence-corrected chi connectivity index (χ4v) is 2.85. The van der Waals surface area contributed by atoms with Gasteiger partial charge in [0.1, 0.15) is 6.54 Å². The van der Waals surface area contributed by atoms with Gasteiger partial charge in [-0.3, -0.25) is 9.59 Å². The predicted octanol–water partition coefficient (Wildman–Crippen LogP) is 4.71. The first-order valence-corrected chi connectivity index (χ1v) is 8.69. The molecule has 2 aromatic carbocycles. The summed E-state index contributed by atoms with van der Waals surface area (Å²) in [5.74, 6) is -0.415. The van der Waals surface area contributed by atoms with Gasteiger partial charge in [0.2, 0.25) is 11.8 Å². The molecular formula is C19H20Cl2N2O2. The van der Waals surface area contributed by atoms with Crippen molar-refractivity contribution in [2.75, 3.05) is 22.9 Å². The zero-order valence-corrected chi connectivity index (χ0v) is 15.9. The molecule has 132 valence electrons. The lowest BCUT2D eigenvalue weighted by molar-refractivity contribution is -0.121. The fraction of sp³-hybridized carbons (Fsp3) is 0.263. The van der Waals surface area contributed by atoms with Gasteiger partial charge in [-0.15, -0.1) is 0 Å². The van der Waals surface area contributed by atoms with Gasteiger partial charge in [0, 0.05) is 24.8 Å². The minimum absolute atomic E-state index is 0.0743. The van der Waals surface area contributed by atoms with E-state index < -0.39 is 0 Å². The molecule has 0 saturated carbocycles. The van der Waals surface area contributed by atoms with E-state index in [0.717, 1.165) is 11.3 Å². The monoisotopic (exact) mass is 378 g/mol. The van der Waals surface area contributed by atoms with E-state index in [-0.39, 0.29) is 18.4 Å². The number of carbonyl (C=O) groups excluding carboxylic acids is 2. The number of aryl methyl sites for hydroxylation is 1. The Labute approximate surface area is 157 Å². The van der Waals surface area contributed by atoms with Crippen LogP contribution in [0.2, 0.25) is 10.0 Å². The van der Waals surface area contributed by atoms with Crippen molar-refractivity contribution in [3.63, 3.8) is 0 Å². The van der Waals surface area contributed by atoms with E-state index in [1.807, 2.05) is 38.1 Å². The van der Waals surface area contributed by atoms with Crippen LogP contribution in [-0.2, 0) is 9.59 Å². The summed E-state index contributed by atoms with van der Waals surface area (Å²) in [5.41, 5.74) is 2.41. The van der Waals surface area contributed by atoms with E-state index in [9.17, 15) is 9.59 Å². The third-order valence-corrected chi connectivity index (χ3v) is 4.56. The summed E-state index contributed by atoms with van der Waals surface area (Å²) in [4.78, 5) is 27.9. The molecule has 25 heavy (non-hydrogen) atoms. The van der Waals surface area contributed by atoms with Crippen LogP contribution in [0.15, 0.2) is 42.5 Å². The molecule has 0 fully saturated rings. The quantitative estimate of drug-likeness (QED) is 0.755. The Kier molecular flexibility index (Phi) is 6.45. The van der Waals surface area contributed by atoms with Crippen LogP contribution in [0.1, 0.15) is 19.4 Å². The highest BCUT2D eigenvalue weighted by Crippen LogP contribution is 2.27. The van der Waals surface area contributed by atoms with Gasteiger partial charge in [-0.05, 0) is 49.7 Å². The second-order valence-electron chi connectivity index (χ2n) is 5.68. The van der Waals surface area contributed by atoms with E-state index in [2.05, 4.69) is 0 Å². The van der Waals surface area contributed by atoms with Crippen LogP contribution in [0.3, 0.4) is 0 Å². The molecule has 2 amide bonds. The Balaban J connectivity index is 2.27. The molecule has 2 aromatic rings. The van der Waals surface area contributed by atoms with Gasteiger partial charge in [0.15, 0.2) is 0 Å². The third kappa shape index (κ3) is 4.74. The van der Waals surface area contributed by atoms with Crippen molar-refractivity contribution in [2.24, 2.45) is 0 Å². The SMILES string of the molecule is CCN(C(=O)CN(C(C)=O)c1ccc(Cl)c(Cl)c1)c1cccc(C)c1. The zero-order chi connectivity index (χ0) is 18.6. The molecule has 0 N–H and O–H groups in total. The van der Waals surface area contributed by atoms with Gasteiger partial charge >= 0.3 is 0 Å². The Morgan fingerprint density at radius 1 is 0.960 bits per heavy atom. The normalized spacial score (nSPS) is 10.4. The van der Waals surface area contributed by atoms with Crippen molar-refractivity contribution < 1.29 is 9.59 Å². The molecule has 4 nitrogen and oxygen atoms in total. The minimum atomic E-state index is -0.243. The van der Waals surface area contributed by atoms with Gasteiger partial charge in [-0.1, -0.05) is 35.3 Å². The summed E-state index contributed by atoms with van der Waals surface area (Å²) < 4.78 is 0. The molecule has 0 aromatic heterocycles. The van der Waals surface area contributed by atoms with Crippen molar-refractivity contribution in [2.45, 2.75) is 20.8 Å². The molecule has 2 rings (SSSR count). The average molecular weight is 379 g/mol. The summed E-state index contributed by atoms with van der Waals surface area (Å²) in [7, 11) is 0. The standard InChI is InChI=1S/C19H20Cl2N2O2/c1-4-22(15-7-5-6-13(2)10-15)19(25)12-23(14(3)24)16-8-9-17(20)18(21)11-16/h5-11H,4,12H2,1-3H3. The largest absolute Gasteiger partial charge is 0.311 e. The molecule has 0 radical (unpaired) electrons. The Hall–Kier alpha value is -2.04. The lowest BCUT2D eigenvalue weighted by atomic mass is 10.2. The molecular weight excluding hydrogens is 359 g/mol. The van der Waals surface area contributed by atoms with Crippen molar-refractivity contribution in [1.29, 1.82) is 0 Å². The molecule has 0 bridgehead atoms. The lowest BCUT2D eigenvalue weighted by Crippen LogP contribution is -2.42. The van der Waals surface area contributed by atoms with Gasteiger partial charge in [0.25, 0.3) is 0 Å². The Morgan fingerprint density at radius 3 is 2.20 bits per heavy atom. The van der Waals surface area contributed by atoms with Gasteiger partial charge < -0.3 is 9.80 Å². The predicted molar refractivity (Wildman–Crippen MR) is 104 cm³/mol. The smallest absolute Gasteiger partial charge is 0.247 e. The van der Waals surface area contributed by atoms with Crippen LogP contribution in [0.5, 0.6) is 0 Å². The van der Waals surface area contributed by atoms with Crippen molar-refractivity contribution in [1.82, 2.24) is 0 Å². The maximum Gasteiger partial charge on any atom is 0.247 e. The van der Waals surface area contributed by atoms with E-state index in [4.69, 9.17) is 23.2 Å². The van der Waals surface area contributed by atoms with E-state index >= 15 is 0 Å². The fourth-order valence-electron chi connectivity index (χ4n) is 2.56. The number of nitrogens with zero attached hydrogens (tertiary/aromatic N) is 2. The van der Waals surface area contributed by atoms with E-state index in [0.29, 0.717) is 22.3 Å². The van der Waals surface area contributed by atoms with Crippen molar-refractivity contribution in [3.8, 4) is 0 Å². The second-order valence-corrected chi connectivity index (χ2v) is 6.49. The first kappa shape index (κ1) is 19.3. The molecule has 0 aliphatic heterocycles. The molecule has 0 spiro atoms. The first-order valence-electron chi connectivity index (χ1n) is 7.93. The van der Waals surface area contributed by atoms with Gasteiger partial charge in [0.05, 0.1) is 10.0 Å². The summed E-state index contributed by atoms with van der Waals surface area (Å²) in [6.45, 7) is 5.72. The number of halogens is 2. The van der Waals surface area contributed by atoms with E-state index in [1.54, 1.807) is 23.1 Å². The highest BCUT2D eigenvalue weighted by atomic mass is 35.5. The maximum atomic E-state index is 12.8. The summed E-state index contributed by atoms with van der Waals surface area (Å²) >= 11 is 12.0. The third-order valence-electron chi connectivity index (χ3n) is 3.82. The first-order chi connectivity index (χ1) is 11.8. The van der Waals surface area contributed by atoms with E-state index in [1.165, 1.54) is 11.8 Å². The molecule has 0 unspecified atom stereocenters. The van der Waals surface area contributed by atoms with Crippen LogP contribution in [0.25, 0.3) is 0 Å². The summed E-state index contributed by atoms with van der Waals surface area (Å²) in [6.07, 6.45) is 0. The molecule has 0 heterocycles. The number of benzene rings is 2. The topological polar surface area (TPSA) is 40.6 Å². The van der Waals surface area contributed by atoms with Crippen LogP contribution in [-0.4, -0.2) is 24.9 Å². The van der Waals surface area contributed by atoms with Gasteiger partial charge in [-0.25, -0.2) is 0 Å². The maximum absolute atomic E-state index is 12.8. The molecule has 0 saturated heterocycles. The zero-order valence-electron chi connectivity index (χ0n) is 14.4. The minimum Gasteiger partial charge on any atom is -0.311 e. The number of amides is 2. The van der Waals surface area contributed by atoms with Crippen molar-refractivity contribution in [3.05, 3.63) is 58.1 Å². The molecule has 0 aliphatic carbocycles. The van der Waals surface area contributed by atoms with Gasteiger partial charge in [-0.2, -0.15) is 0 Å². The molecule has 0 aliphatic rings. The van der Waals surface area contributed by atoms with Crippen LogP contribution in [0.4, 0.5) is 11.4 Å². The number of rotatable bonds is 5. The summed E-state index contributed by atoms with van der Waals surface area (Å²) in [5, 5.41) is 0.735. The molecule has 0 atom stereocenters. The second kappa shape index (κ2) is 8.37. The summed E-state index contributed by atoms with van der Waals surface area (Å²) in [6, 6.07) is 12.6. The number of carbonyl (C=O) groups is 2. The average Bonchev–Trinajstić information content (AvgIpc) is 2.56. The number of hydrogen-bond acceptors (Lipinski definition) is 2. The number of anilines is 2. The molecule has 6 heteroatoms. The van der Waals surface area contributed by atoms with Crippen molar-refractivity contribution >= 4 is 46.4 Å². The van der Waals surface area contributed by atoms with Crippen LogP contribution < -0.4 is 9.80 Å². The van der Waals surface area contributed by atoms with Crippen LogP contribution in [0, 0.1) is 6.92 Å². The van der Waals surface area contributed by atoms with Crippen LogP contribution >= 0.6 is 23.2 Å². The highest BCUT2D eigenvalue weighted by molar-refractivity contribution is 6.42. The Bertz CT molecular complexity index is 793. The number of hydrogen-bond donors (Lipinski definition) is 0.